The van der Waals surface area contributed by atoms with E-state index in [0.717, 1.165) is 28.9 Å². The second-order valence-electron chi connectivity index (χ2n) is 6.69. The molecule has 1 atom stereocenters. The van der Waals surface area contributed by atoms with E-state index in [0.29, 0.717) is 31.9 Å². The van der Waals surface area contributed by atoms with E-state index in [1.807, 2.05) is 36.4 Å². The number of hydrogen-bond acceptors (Lipinski definition) is 5. The average molecular weight is 449 g/mol. The molecular formula is C21H25BrN2O4. The lowest BCUT2D eigenvalue weighted by Gasteiger charge is -2.28. The van der Waals surface area contributed by atoms with Gasteiger partial charge in [0, 0.05) is 31.7 Å². The van der Waals surface area contributed by atoms with Crippen LogP contribution in [0.3, 0.4) is 0 Å². The van der Waals surface area contributed by atoms with Crippen LogP contribution >= 0.6 is 15.9 Å². The molecule has 0 bridgehead atoms. The largest absolute Gasteiger partial charge is 0.488 e. The molecule has 0 aromatic heterocycles. The summed E-state index contributed by atoms with van der Waals surface area (Å²) in [5.74, 6) is 0.581. The minimum Gasteiger partial charge on any atom is -0.488 e. The maximum atomic E-state index is 12.3. The maximum Gasteiger partial charge on any atom is 0.251 e. The molecule has 1 heterocycles. The average Bonchev–Trinajstić information content (AvgIpc) is 2.72. The first kappa shape index (κ1) is 20.8. The lowest BCUT2D eigenvalue weighted by molar-refractivity contribution is 0.0149. The van der Waals surface area contributed by atoms with Crippen molar-refractivity contribution < 1.29 is 19.4 Å². The predicted octanol–water partition coefficient (Wildman–Crippen LogP) is 2.45. The number of aliphatic hydroxyl groups is 1. The Labute approximate surface area is 173 Å². The number of nitrogens with one attached hydrogen (secondary N) is 1. The van der Waals surface area contributed by atoms with Crippen LogP contribution in [0.4, 0.5) is 0 Å². The second kappa shape index (κ2) is 10.6. The Morgan fingerprint density at radius 3 is 2.61 bits per heavy atom. The number of β-amino-alcohol motifs (C(OH)–C–C–N with tert-alkyl or cyclic N) is 1. The minimum atomic E-state index is -0.598. The third-order valence-electron chi connectivity index (χ3n) is 4.52. The summed E-state index contributed by atoms with van der Waals surface area (Å²) < 4.78 is 12.0. The fourth-order valence-electron chi connectivity index (χ4n) is 2.93. The van der Waals surface area contributed by atoms with Gasteiger partial charge in [-0.1, -0.05) is 24.3 Å². The van der Waals surface area contributed by atoms with E-state index < -0.39 is 6.10 Å². The van der Waals surface area contributed by atoms with Gasteiger partial charge in [-0.15, -0.1) is 0 Å². The van der Waals surface area contributed by atoms with Crippen molar-refractivity contribution in [3.63, 3.8) is 0 Å². The van der Waals surface area contributed by atoms with Gasteiger partial charge in [-0.3, -0.25) is 9.69 Å². The van der Waals surface area contributed by atoms with Crippen molar-refractivity contribution in [2.24, 2.45) is 0 Å². The summed E-state index contributed by atoms with van der Waals surface area (Å²) in [7, 11) is 0. The van der Waals surface area contributed by atoms with E-state index in [2.05, 4.69) is 26.1 Å². The van der Waals surface area contributed by atoms with Gasteiger partial charge in [0.1, 0.15) is 12.4 Å². The van der Waals surface area contributed by atoms with Crippen molar-refractivity contribution in [1.29, 1.82) is 0 Å². The third-order valence-corrected chi connectivity index (χ3v) is 5.17. The Morgan fingerprint density at radius 2 is 1.89 bits per heavy atom. The SMILES string of the molecule is O=C(NCC(O)CN1CCOCC1)c1ccc(COc2ccccc2Br)cc1. The van der Waals surface area contributed by atoms with Gasteiger partial charge < -0.3 is 19.9 Å². The predicted molar refractivity (Wildman–Crippen MR) is 111 cm³/mol. The number of aliphatic hydroxyl groups excluding tert-OH is 1. The number of benzene rings is 2. The number of hydrogen-bond donors (Lipinski definition) is 2. The van der Waals surface area contributed by atoms with Gasteiger partial charge in [0.05, 0.1) is 23.8 Å². The summed E-state index contributed by atoms with van der Waals surface area (Å²) >= 11 is 3.45. The van der Waals surface area contributed by atoms with Crippen LogP contribution < -0.4 is 10.1 Å². The van der Waals surface area contributed by atoms with Gasteiger partial charge in [-0.2, -0.15) is 0 Å². The van der Waals surface area contributed by atoms with Crippen molar-refractivity contribution in [3.05, 3.63) is 64.1 Å². The van der Waals surface area contributed by atoms with Gasteiger partial charge in [0.15, 0.2) is 0 Å². The summed E-state index contributed by atoms with van der Waals surface area (Å²) in [5.41, 5.74) is 1.53. The van der Waals surface area contributed by atoms with E-state index in [9.17, 15) is 9.90 Å². The van der Waals surface area contributed by atoms with Gasteiger partial charge in [-0.25, -0.2) is 0 Å². The molecule has 0 aliphatic carbocycles. The number of rotatable bonds is 8. The molecule has 2 N–H and O–H groups in total. The van der Waals surface area contributed by atoms with Crippen LogP contribution in [0.25, 0.3) is 0 Å². The van der Waals surface area contributed by atoms with E-state index in [-0.39, 0.29) is 12.5 Å². The molecule has 0 radical (unpaired) electrons. The quantitative estimate of drug-likeness (QED) is 0.648. The molecule has 1 unspecified atom stereocenters. The van der Waals surface area contributed by atoms with Gasteiger partial charge in [0.25, 0.3) is 5.91 Å². The molecule has 150 valence electrons. The first-order valence-electron chi connectivity index (χ1n) is 9.34. The molecule has 7 heteroatoms. The number of halogens is 1. The lowest BCUT2D eigenvalue weighted by Crippen LogP contribution is -2.44. The van der Waals surface area contributed by atoms with Crippen molar-refractivity contribution in [2.45, 2.75) is 12.7 Å². The summed E-state index contributed by atoms with van der Waals surface area (Å²) in [4.78, 5) is 14.4. The number of nitrogens with zero attached hydrogens (tertiary/aromatic N) is 1. The highest BCUT2D eigenvalue weighted by Crippen LogP contribution is 2.24. The molecule has 1 fully saturated rings. The normalized spacial score (nSPS) is 15.8. The van der Waals surface area contributed by atoms with Crippen molar-refractivity contribution in [1.82, 2.24) is 10.2 Å². The van der Waals surface area contributed by atoms with Gasteiger partial charge in [0.2, 0.25) is 0 Å². The summed E-state index contributed by atoms with van der Waals surface area (Å²) in [5, 5.41) is 12.9. The van der Waals surface area contributed by atoms with Crippen LogP contribution in [0.5, 0.6) is 5.75 Å². The molecule has 1 aliphatic rings. The second-order valence-corrected chi connectivity index (χ2v) is 7.55. The van der Waals surface area contributed by atoms with Crippen LogP contribution in [-0.2, 0) is 11.3 Å². The van der Waals surface area contributed by atoms with Crippen LogP contribution in [-0.4, -0.2) is 61.4 Å². The summed E-state index contributed by atoms with van der Waals surface area (Å²) in [6.45, 7) is 4.19. The van der Waals surface area contributed by atoms with Crippen LogP contribution in [0, 0.1) is 0 Å². The highest BCUT2D eigenvalue weighted by Gasteiger charge is 2.16. The minimum absolute atomic E-state index is 0.195. The Kier molecular flexibility index (Phi) is 7.85. The first-order chi connectivity index (χ1) is 13.6. The van der Waals surface area contributed by atoms with E-state index in [1.165, 1.54) is 0 Å². The highest BCUT2D eigenvalue weighted by atomic mass is 79.9. The molecule has 1 saturated heterocycles. The molecule has 0 saturated carbocycles. The van der Waals surface area contributed by atoms with Crippen molar-refractivity contribution in [3.8, 4) is 5.75 Å². The topological polar surface area (TPSA) is 71.0 Å². The zero-order valence-electron chi connectivity index (χ0n) is 15.6. The molecule has 1 aliphatic heterocycles. The van der Waals surface area contributed by atoms with E-state index >= 15 is 0 Å². The van der Waals surface area contributed by atoms with Crippen LogP contribution in [0.2, 0.25) is 0 Å². The Balaban J connectivity index is 1.43. The number of para-hydroxylation sites is 1. The van der Waals surface area contributed by atoms with Crippen LogP contribution in [0.1, 0.15) is 15.9 Å². The zero-order valence-corrected chi connectivity index (χ0v) is 17.2. The molecular weight excluding hydrogens is 424 g/mol. The number of ether oxygens (including phenoxy) is 2. The highest BCUT2D eigenvalue weighted by molar-refractivity contribution is 9.10. The Bertz CT molecular complexity index is 763. The summed E-state index contributed by atoms with van der Waals surface area (Å²) in [6.07, 6.45) is -0.598. The van der Waals surface area contributed by atoms with Crippen molar-refractivity contribution >= 4 is 21.8 Å². The van der Waals surface area contributed by atoms with E-state index in [1.54, 1.807) is 12.1 Å². The van der Waals surface area contributed by atoms with Crippen LogP contribution in [0.15, 0.2) is 53.0 Å². The first-order valence-corrected chi connectivity index (χ1v) is 10.1. The monoisotopic (exact) mass is 448 g/mol. The Hall–Kier alpha value is -1.93. The number of amides is 1. The maximum absolute atomic E-state index is 12.3. The van der Waals surface area contributed by atoms with Crippen molar-refractivity contribution in [2.75, 3.05) is 39.4 Å². The van der Waals surface area contributed by atoms with Gasteiger partial charge >= 0.3 is 0 Å². The molecule has 1 amide bonds. The summed E-state index contributed by atoms with van der Waals surface area (Å²) in [6, 6.07) is 14.9. The standard InChI is InChI=1S/C21H25BrN2O4/c22-19-3-1-2-4-20(19)28-15-16-5-7-17(8-6-16)21(26)23-13-18(25)14-24-9-11-27-12-10-24/h1-8,18,25H,9-15H2,(H,23,26). The fraction of sp³-hybridized carbons (Fsp3) is 0.381. The third kappa shape index (κ3) is 6.31. The van der Waals surface area contributed by atoms with Gasteiger partial charge in [-0.05, 0) is 45.8 Å². The molecule has 3 rings (SSSR count). The molecule has 2 aromatic rings. The number of carbonyl (C=O) groups is 1. The molecule has 0 spiro atoms. The molecule has 28 heavy (non-hydrogen) atoms. The fourth-order valence-corrected chi connectivity index (χ4v) is 3.33. The molecule has 6 nitrogen and oxygen atoms in total. The van der Waals surface area contributed by atoms with E-state index in [4.69, 9.17) is 9.47 Å². The lowest BCUT2D eigenvalue weighted by atomic mass is 10.1. The zero-order chi connectivity index (χ0) is 19.8. The Morgan fingerprint density at radius 1 is 1.18 bits per heavy atom. The molecule has 2 aromatic carbocycles. The number of carbonyl (C=O) groups excluding carboxylic acids is 1. The number of morpholine rings is 1. The smallest absolute Gasteiger partial charge is 0.251 e.